The van der Waals surface area contributed by atoms with Crippen molar-refractivity contribution in [3.8, 4) is 66.1 Å². The third-order valence-corrected chi connectivity index (χ3v) is 13.0. The first kappa shape index (κ1) is 55.0. The third kappa shape index (κ3) is 11.0. The van der Waals surface area contributed by atoms with Gasteiger partial charge < -0.3 is 18.9 Å². The fourth-order valence-corrected chi connectivity index (χ4v) is 9.37. The Kier molecular flexibility index (Phi) is 18.9. The highest BCUT2D eigenvalue weighted by Gasteiger charge is 2.41. The van der Waals surface area contributed by atoms with Crippen molar-refractivity contribution in [2.75, 3.05) is 26.4 Å². The molecule has 0 atom stereocenters. The summed E-state index contributed by atoms with van der Waals surface area (Å²) in [6, 6.07) is 0. The van der Waals surface area contributed by atoms with Crippen molar-refractivity contribution in [3.05, 3.63) is 93.1 Å². The van der Waals surface area contributed by atoms with Crippen molar-refractivity contribution in [2.24, 2.45) is 0 Å². The van der Waals surface area contributed by atoms with Crippen LogP contribution in [0.1, 0.15) is 117 Å². The predicted molar refractivity (Wildman–Crippen MR) is 233 cm³/mol. The number of ether oxygens (including phenoxy) is 4. The van der Waals surface area contributed by atoms with Gasteiger partial charge in [0.1, 0.15) is 13.2 Å². The normalized spacial score (nSPS) is 12.4. The minimum atomic E-state index is -2.67. The Morgan fingerprint density at radius 2 is 0.535 bits per heavy atom. The van der Waals surface area contributed by atoms with Gasteiger partial charge in [-0.3, -0.25) is 0 Å². The minimum absolute atomic E-state index is 0.183. The van der Waals surface area contributed by atoms with Gasteiger partial charge >= 0.3 is 0 Å². The Morgan fingerprint density at radius 3 is 0.803 bits per heavy atom. The Morgan fingerprint density at radius 1 is 0.310 bits per heavy atom. The molecule has 1 aliphatic heterocycles. The molecule has 0 amide bonds. The van der Waals surface area contributed by atoms with Crippen LogP contribution in [0.2, 0.25) is 0 Å². The molecule has 388 valence electrons. The predicted octanol–water partition coefficient (Wildman–Crippen LogP) is 17.5. The van der Waals surface area contributed by atoms with Crippen molar-refractivity contribution < 1.29 is 89.2 Å². The lowest BCUT2D eigenvalue weighted by Gasteiger charge is -2.19. The van der Waals surface area contributed by atoms with E-state index in [1.54, 1.807) is 0 Å². The number of hydrogen-bond donors (Lipinski definition) is 0. The summed E-state index contributed by atoms with van der Waals surface area (Å²) in [4.78, 5) is -2.38. The highest BCUT2D eigenvalue weighted by atomic mass is 32.1. The lowest BCUT2D eigenvalue weighted by atomic mass is 9.97. The van der Waals surface area contributed by atoms with Gasteiger partial charge in [0, 0.05) is 0 Å². The third-order valence-electron chi connectivity index (χ3n) is 11.8. The Balaban J connectivity index is 1.34. The molecule has 0 aliphatic carbocycles. The van der Waals surface area contributed by atoms with Gasteiger partial charge in [0.2, 0.25) is 23.3 Å². The molecule has 0 spiro atoms. The average molecular weight is 1050 g/mol. The van der Waals surface area contributed by atoms with Gasteiger partial charge in [-0.2, -0.15) is 17.6 Å². The van der Waals surface area contributed by atoms with E-state index in [1.165, 1.54) is 0 Å². The van der Waals surface area contributed by atoms with Crippen LogP contribution < -0.4 is 18.9 Å². The monoisotopic (exact) mass is 1050 g/mol. The van der Waals surface area contributed by atoms with E-state index in [9.17, 15) is 0 Å². The second-order valence-corrected chi connectivity index (χ2v) is 17.7. The number of hydrogen-bond acceptors (Lipinski definition) is 5. The molecule has 0 radical (unpaired) electrons. The summed E-state index contributed by atoms with van der Waals surface area (Å²) in [5.41, 5.74) is -12.8. The summed E-state index contributed by atoms with van der Waals surface area (Å²) >= 11 is -0.310. The molecule has 0 bridgehead atoms. The van der Waals surface area contributed by atoms with E-state index >= 15 is 70.2 Å². The highest BCUT2D eigenvalue weighted by molar-refractivity contribution is 7.19. The van der Waals surface area contributed by atoms with E-state index in [2.05, 4.69) is 0 Å². The molecule has 0 unspecified atom stereocenters. The molecule has 1 aromatic heterocycles. The second kappa shape index (κ2) is 24.4. The van der Waals surface area contributed by atoms with Crippen LogP contribution >= 0.6 is 11.3 Å². The molecule has 6 rings (SSSR count). The van der Waals surface area contributed by atoms with E-state index in [1.807, 2.05) is 13.8 Å². The highest BCUT2D eigenvalue weighted by Crippen LogP contribution is 2.57. The van der Waals surface area contributed by atoms with Gasteiger partial charge in [0.05, 0.1) is 56.3 Å². The van der Waals surface area contributed by atoms with Crippen LogP contribution in [0, 0.1) is 93.1 Å². The van der Waals surface area contributed by atoms with Gasteiger partial charge in [-0.25, -0.2) is 52.7 Å². The molecule has 71 heavy (non-hydrogen) atoms. The van der Waals surface area contributed by atoms with Gasteiger partial charge in [-0.1, -0.05) is 104 Å². The molecule has 4 nitrogen and oxygen atoms in total. The topological polar surface area (TPSA) is 36.9 Å². The lowest BCUT2D eigenvalue weighted by Crippen LogP contribution is -2.15. The minimum Gasteiger partial charge on any atom is -0.487 e. The standard InChI is InChI=1S/C50H46F16O4S/c1-3-5-7-9-11-13-15-17-19-67-45-41(63)33(55)25(34(56)42(45)64)23-29(51)37(59)27(38(60)30(23)52)49-47-48(70-22-21-69-47)50(71-49)28-39(61)31(53)24(32(54)40(28)62)26-35(57)43(65)46(44(66)36(26)58)68-20-18-16-14-12-10-8-6-4-2/h3-22H2,1-2H3. The number of unbranched alkanes of at least 4 members (excludes halogenated alkanes) is 14. The SMILES string of the molecule is CCCCCCCCCCOc1c(F)c(F)c(-c2c(F)c(F)c(-c3sc(-c4c(F)c(F)c(-c5c(F)c(F)c(OCCCCCCCCCC)c(F)c5F)c(F)c4F)c4c3OCCO4)c(F)c2F)c(F)c1F. The smallest absolute Gasteiger partial charge is 0.204 e. The van der Waals surface area contributed by atoms with E-state index in [0.29, 0.717) is 25.7 Å². The number of benzene rings is 4. The first-order valence-electron chi connectivity index (χ1n) is 23.1. The fourth-order valence-electron chi connectivity index (χ4n) is 8.12. The first-order chi connectivity index (χ1) is 33.9. The van der Waals surface area contributed by atoms with Crippen LogP contribution in [0.5, 0.6) is 23.0 Å². The molecule has 5 aromatic rings. The maximum absolute atomic E-state index is 16.1. The molecule has 4 aromatic carbocycles. The lowest BCUT2D eigenvalue weighted by molar-refractivity contribution is 0.174. The summed E-state index contributed by atoms with van der Waals surface area (Å²) < 4.78 is 271. The summed E-state index contributed by atoms with van der Waals surface area (Å²) in [7, 11) is 0. The van der Waals surface area contributed by atoms with Crippen LogP contribution in [0.4, 0.5) is 70.2 Å². The van der Waals surface area contributed by atoms with Gasteiger partial charge in [-0.15, -0.1) is 11.3 Å². The number of halogens is 16. The first-order valence-corrected chi connectivity index (χ1v) is 23.9. The van der Waals surface area contributed by atoms with E-state index in [-0.39, 0.29) is 24.2 Å². The van der Waals surface area contributed by atoms with Gasteiger partial charge in [0.15, 0.2) is 92.8 Å². The maximum atomic E-state index is 16.1. The zero-order chi connectivity index (χ0) is 51.8. The van der Waals surface area contributed by atoms with Crippen LogP contribution in [0.15, 0.2) is 0 Å². The molecular weight excluding hydrogens is 1000 g/mol. The number of fused-ring (bicyclic) bond motifs is 1. The van der Waals surface area contributed by atoms with Crippen LogP contribution in [-0.2, 0) is 0 Å². The van der Waals surface area contributed by atoms with E-state index in [0.717, 1.165) is 64.2 Å². The van der Waals surface area contributed by atoms with E-state index < -0.39 is 186 Å². The molecule has 21 heteroatoms. The molecule has 0 saturated heterocycles. The van der Waals surface area contributed by atoms with Crippen molar-refractivity contribution in [1.29, 1.82) is 0 Å². The summed E-state index contributed by atoms with van der Waals surface area (Å²) in [6.07, 6.45) is 12.5. The van der Waals surface area contributed by atoms with Gasteiger partial charge in [0.25, 0.3) is 0 Å². The van der Waals surface area contributed by atoms with Crippen molar-refractivity contribution in [1.82, 2.24) is 0 Å². The largest absolute Gasteiger partial charge is 0.487 e. The summed E-state index contributed by atoms with van der Waals surface area (Å²) in [5.74, 6) is -45.4. The molecular formula is C50H46F16O4S. The molecule has 0 saturated carbocycles. The maximum Gasteiger partial charge on any atom is 0.204 e. The fraction of sp³-hybridized carbons (Fsp3) is 0.440. The molecule has 2 heterocycles. The Hall–Kier alpha value is -5.34. The van der Waals surface area contributed by atoms with E-state index in [4.69, 9.17) is 18.9 Å². The van der Waals surface area contributed by atoms with Crippen molar-refractivity contribution in [3.63, 3.8) is 0 Å². The average Bonchev–Trinajstić information content (AvgIpc) is 3.72. The molecule has 1 aliphatic rings. The van der Waals surface area contributed by atoms with Crippen LogP contribution in [0.25, 0.3) is 43.1 Å². The summed E-state index contributed by atoms with van der Waals surface area (Å²) in [6.45, 7) is 2.06. The quantitative estimate of drug-likeness (QED) is 0.0351. The van der Waals surface area contributed by atoms with Crippen LogP contribution in [-0.4, -0.2) is 26.4 Å². The number of thiophene rings is 1. The molecule has 0 N–H and O–H groups in total. The zero-order valence-corrected chi connectivity index (χ0v) is 39.0. The zero-order valence-electron chi connectivity index (χ0n) is 38.2. The van der Waals surface area contributed by atoms with Crippen molar-refractivity contribution >= 4 is 11.3 Å². The Labute approximate surface area is 401 Å². The van der Waals surface area contributed by atoms with Crippen molar-refractivity contribution in [2.45, 2.75) is 117 Å². The second-order valence-electron chi connectivity index (χ2n) is 16.7. The Bertz CT molecular complexity index is 2440. The molecule has 0 fully saturated rings. The van der Waals surface area contributed by atoms with Gasteiger partial charge in [-0.05, 0) is 12.8 Å². The van der Waals surface area contributed by atoms with Crippen LogP contribution in [0.3, 0.4) is 0 Å². The number of rotatable bonds is 24. The summed E-state index contributed by atoms with van der Waals surface area (Å²) in [5, 5.41) is 0.